The van der Waals surface area contributed by atoms with Gasteiger partial charge >= 0.3 is 0 Å². The van der Waals surface area contributed by atoms with E-state index in [0.717, 1.165) is 29.4 Å². The average molecular weight is 244 g/mol. The van der Waals surface area contributed by atoms with Crippen molar-refractivity contribution in [3.63, 3.8) is 0 Å². The van der Waals surface area contributed by atoms with Gasteiger partial charge in [-0.25, -0.2) is 0 Å². The molecule has 0 amide bonds. The SMILES string of the molecule is CCCCCOCc1ccc(O)c2ccccc12. The number of fused-ring (bicyclic) bond motifs is 1. The van der Waals surface area contributed by atoms with Gasteiger partial charge in [-0.1, -0.05) is 50.1 Å². The Bertz CT molecular complexity index is 505. The number of hydrogen-bond donors (Lipinski definition) is 1. The largest absolute Gasteiger partial charge is 0.507 e. The highest BCUT2D eigenvalue weighted by Gasteiger charge is 2.04. The Labute approximate surface area is 108 Å². The minimum atomic E-state index is 0.334. The van der Waals surface area contributed by atoms with Gasteiger partial charge in [0.25, 0.3) is 0 Å². The molecular weight excluding hydrogens is 224 g/mol. The van der Waals surface area contributed by atoms with E-state index in [4.69, 9.17) is 4.74 Å². The summed E-state index contributed by atoms with van der Waals surface area (Å²) in [6.07, 6.45) is 3.55. The number of rotatable bonds is 6. The van der Waals surface area contributed by atoms with Crippen LogP contribution in [0.4, 0.5) is 0 Å². The van der Waals surface area contributed by atoms with E-state index in [9.17, 15) is 5.11 Å². The summed E-state index contributed by atoms with van der Waals surface area (Å²) in [6, 6.07) is 11.6. The Morgan fingerprint density at radius 2 is 1.78 bits per heavy atom. The van der Waals surface area contributed by atoms with Crippen molar-refractivity contribution in [1.29, 1.82) is 0 Å². The third-order valence-corrected chi connectivity index (χ3v) is 3.14. The molecule has 1 N–H and O–H groups in total. The number of benzene rings is 2. The van der Waals surface area contributed by atoms with E-state index in [1.165, 1.54) is 12.8 Å². The van der Waals surface area contributed by atoms with E-state index >= 15 is 0 Å². The van der Waals surface area contributed by atoms with Crippen LogP contribution in [0.2, 0.25) is 0 Å². The molecule has 0 atom stereocenters. The van der Waals surface area contributed by atoms with Crippen LogP contribution in [0.25, 0.3) is 10.8 Å². The fraction of sp³-hybridized carbons (Fsp3) is 0.375. The number of phenols is 1. The van der Waals surface area contributed by atoms with E-state index in [-0.39, 0.29) is 0 Å². The monoisotopic (exact) mass is 244 g/mol. The lowest BCUT2D eigenvalue weighted by Gasteiger charge is -2.09. The molecule has 0 aromatic heterocycles. The molecule has 0 unspecified atom stereocenters. The molecule has 18 heavy (non-hydrogen) atoms. The smallest absolute Gasteiger partial charge is 0.123 e. The normalized spacial score (nSPS) is 10.9. The van der Waals surface area contributed by atoms with Gasteiger partial charge in [0.05, 0.1) is 6.61 Å². The second kappa shape index (κ2) is 6.41. The first-order valence-electron chi connectivity index (χ1n) is 6.60. The maximum Gasteiger partial charge on any atom is 0.123 e. The molecule has 2 heteroatoms. The number of unbranched alkanes of at least 4 members (excludes halogenated alkanes) is 2. The fourth-order valence-electron chi connectivity index (χ4n) is 2.11. The lowest BCUT2D eigenvalue weighted by molar-refractivity contribution is 0.118. The first-order chi connectivity index (χ1) is 8.83. The van der Waals surface area contributed by atoms with Crippen LogP contribution in [-0.4, -0.2) is 11.7 Å². The van der Waals surface area contributed by atoms with Gasteiger partial charge in [-0.2, -0.15) is 0 Å². The summed E-state index contributed by atoms with van der Waals surface area (Å²) in [5, 5.41) is 11.8. The van der Waals surface area contributed by atoms with Gasteiger partial charge in [0.15, 0.2) is 0 Å². The molecule has 0 saturated heterocycles. The zero-order chi connectivity index (χ0) is 12.8. The van der Waals surface area contributed by atoms with Crippen LogP contribution in [0.1, 0.15) is 31.7 Å². The summed E-state index contributed by atoms with van der Waals surface area (Å²) in [4.78, 5) is 0. The molecule has 0 fully saturated rings. The van der Waals surface area contributed by atoms with Crippen molar-refractivity contribution >= 4 is 10.8 Å². The van der Waals surface area contributed by atoms with E-state index < -0.39 is 0 Å². The van der Waals surface area contributed by atoms with E-state index in [1.54, 1.807) is 6.07 Å². The quantitative estimate of drug-likeness (QED) is 0.770. The Morgan fingerprint density at radius 3 is 2.56 bits per heavy atom. The van der Waals surface area contributed by atoms with Gasteiger partial charge in [-0.05, 0) is 23.4 Å². The van der Waals surface area contributed by atoms with Crippen molar-refractivity contribution in [3.8, 4) is 5.75 Å². The standard InChI is InChI=1S/C16H20O2/c1-2-3-6-11-18-12-13-9-10-16(17)15-8-5-4-7-14(13)15/h4-5,7-10,17H,2-3,6,11-12H2,1H3. The van der Waals surface area contributed by atoms with Crippen molar-refractivity contribution in [1.82, 2.24) is 0 Å². The molecule has 2 aromatic rings. The lowest BCUT2D eigenvalue weighted by Crippen LogP contribution is -1.96. The molecule has 0 aliphatic heterocycles. The summed E-state index contributed by atoms with van der Waals surface area (Å²) < 4.78 is 5.69. The summed E-state index contributed by atoms with van der Waals surface area (Å²) in [7, 11) is 0. The molecule has 0 aliphatic carbocycles. The molecule has 0 radical (unpaired) electrons. The van der Waals surface area contributed by atoms with Crippen LogP contribution in [0, 0.1) is 0 Å². The molecule has 0 heterocycles. The maximum atomic E-state index is 9.80. The molecule has 2 rings (SSSR count). The van der Waals surface area contributed by atoms with Gasteiger partial charge in [0, 0.05) is 12.0 Å². The third-order valence-electron chi connectivity index (χ3n) is 3.14. The van der Waals surface area contributed by atoms with Crippen molar-refractivity contribution in [3.05, 3.63) is 42.0 Å². The molecule has 96 valence electrons. The van der Waals surface area contributed by atoms with Gasteiger partial charge in [-0.3, -0.25) is 0 Å². The number of ether oxygens (including phenoxy) is 1. The van der Waals surface area contributed by atoms with Crippen LogP contribution in [0.15, 0.2) is 36.4 Å². The Hall–Kier alpha value is -1.54. The van der Waals surface area contributed by atoms with Crippen molar-refractivity contribution in [2.45, 2.75) is 32.8 Å². The number of aromatic hydroxyl groups is 1. The zero-order valence-electron chi connectivity index (χ0n) is 10.9. The van der Waals surface area contributed by atoms with Gasteiger partial charge < -0.3 is 9.84 Å². The van der Waals surface area contributed by atoms with Crippen LogP contribution in [-0.2, 0) is 11.3 Å². The maximum absolute atomic E-state index is 9.80. The van der Waals surface area contributed by atoms with Crippen molar-refractivity contribution in [2.24, 2.45) is 0 Å². The Morgan fingerprint density at radius 1 is 1.00 bits per heavy atom. The fourth-order valence-corrected chi connectivity index (χ4v) is 2.11. The minimum Gasteiger partial charge on any atom is -0.507 e. The van der Waals surface area contributed by atoms with Crippen LogP contribution in [0.3, 0.4) is 0 Å². The van der Waals surface area contributed by atoms with Gasteiger partial charge in [0.1, 0.15) is 5.75 Å². The average Bonchev–Trinajstić information content (AvgIpc) is 2.41. The van der Waals surface area contributed by atoms with Crippen LogP contribution >= 0.6 is 0 Å². The van der Waals surface area contributed by atoms with E-state index in [1.807, 2.05) is 30.3 Å². The summed E-state index contributed by atoms with van der Waals surface area (Å²) >= 11 is 0. The highest BCUT2D eigenvalue weighted by atomic mass is 16.5. The second-order valence-corrected chi connectivity index (χ2v) is 4.55. The third kappa shape index (κ3) is 3.02. The Kier molecular flexibility index (Phi) is 4.59. The van der Waals surface area contributed by atoms with Gasteiger partial charge in [-0.15, -0.1) is 0 Å². The highest BCUT2D eigenvalue weighted by Crippen LogP contribution is 2.27. The highest BCUT2D eigenvalue weighted by molar-refractivity contribution is 5.90. The molecular formula is C16H20O2. The number of phenolic OH excluding ortho intramolecular Hbond substituents is 1. The Balaban J connectivity index is 2.07. The summed E-state index contributed by atoms with van der Waals surface area (Å²) in [6.45, 7) is 3.61. The first-order valence-corrected chi connectivity index (χ1v) is 6.60. The molecule has 2 aromatic carbocycles. The topological polar surface area (TPSA) is 29.5 Å². The van der Waals surface area contributed by atoms with Gasteiger partial charge in [0.2, 0.25) is 0 Å². The summed E-state index contributed by atoms with van der Waals surface area (Å²) in [5.41, 5.74) is 1.14. The minimum absolute atomic E-state index is 0.334. The molecule has 2 nitrogen and oxygen atoms in total. The predicted molar refractivity (Wildman–Crippen MR) is 74.8 cm³/mol. The molecule has 0 aliphatic rings. The van der Waals surface area contributed by atoms with Crippen LogP contribution in [0.5, 0.6) is 5.75 Å². The second-order valence-electron chi connectivity index (χ2n) is 4.55. The lowest BCUT2D eigenvalue weighted by atomic mass is 10.0. The first kappa shape index (κ1) is 12.9. The van der Waals surface area contributed by atoms with Crippen LogP contribution < -0.4 is 0 Å². The van der Waals surface area contributed by atoms with E-state index in [0.29, 0.717) is 12.4 Å². The van der Waals surface area contributed by atoms with Crippen molar-refractivity contribution in [2.75, 3.05) is 6.61 Å². The molecule has 0 bridgehead atoms. The number of hydrogen-bond acceptors (Lipinski definition) is 2. The summed E-state index contributed by atoms with van der Waals surface area (Å²) in [5.74, 6) is 0.334. The van der Waals surface area contributed by atoms with Crippen molar-refractivity contribution < 1.29 is 9.84 Å². The van der Waals surface area contributed by atoms with E-state index in [2.05, 4.69) is 6.92 Å². The predicted octanol–water partition coefficient (Wildman–Crippen LogP) is 4.25. The zero-order valence-corrected chi connectivity index (χ0v) is 10.9. The molecule has 0 spiro atoms. The molecule has 0 saturated carbocycles.